The number of likely N-dealkylation sites (tertiary alicyclic amines) is 1. The Morgan fingerprint density at radius 3 is 2.59 bits per heavy atom. The lowest BCUT2D eigenvalue weighted by Crippen LogP contribution is -2.50. The van der Waals surface area contributed by atoms with Crippen molar-refractivity contribution >= 4 is 39.6 Å². The number of hydrogen-bond acceptors (Lipinski definition) is 4. The van der Waals surface area contributed by atoms with Crippen LogP contribution in [0.3, 0.4) is 0 Å². The van der Waals surface area contributed by atoms with E-state index in [0.717, 1.165) is 48.0 Å². The summed E-state index contributed by atoms with van der Waals surface area (Å²) in [7, 11) is 0. The summed E-state index contributed by atoms with van der Waals surface area (Å²) in [5.41, 5.74) is 1.57. The van der Waals surface area contributed by atoms with Gasteiger partial charge >= 0.3 is 0 Å². The van der Waals surface area contributed by atoms with Crippen LogP contribution in [0.4, 0.5) is 5.69 Å². The number of nitrogens with one attached hydrogen (secondary N) is 2. The first-order chi connectivity index (χ1) is 14.1. The van der Waals surface area contributed by atoms with Crippen molar-refractivity contribution in [2.24, 2.45) is 0 Å². The molecule has 0 bridgehead atoms. The van der Waals surface area contributed by atoms with Crippen molar-refractivity contribution in [2.45, 2.75) is 31.8 Å². The molecule has 0 radical (unpaired) electrons. The minimum absolute atomic E-state index is 0.00196. The van der Waals surface area contributed by atoms with Gasteiger partial charge in [0.15, 0.2) is 0 Å². The monoisotopic (exact) mass is 407 g/mol. The van der Waals surface area contributed by atoms with Gasteiger partial charge in [-0.3, -0.25) is 14.5 Å². The Labute approximate surface area is 174 Å². The van der Waals surface area contributed by atoms with Gasteiger partial charge in [-0.15, -0.1) is 0 Å². The third-order valence-corrected chi connectivity index (χ3v) is 6.31. The van der Waals surface area contributed by atoms with E-state index >= 15 is 0 Å². The van der Waals surface area contributed by atoms with Crippen LogP contribution in [0.2, 0.25) is 0 Å². The maximum atomic E-state index is 12.8. The molecule has 29 heavy (non-hydrogen) atoms. The molecule has 5 nitrogen and oxygen atoms in total. The number of anilines is 1. The summed E-state index contributed by atoms with van der Waals surface area (Å²) in [4.78, 5) is 27.3. The molecule has 150 valence electrons. The Bertz CT molecular complexity index is 989. The van der Waals surface area contributed by atoms with Gasteiger partial charge in [0.2, 0.25) is 5.91 Å². The molecule has 1 aliphatic rings. The first-order valence-electron chi connectivity index (χ1n) is 9.97. The summed E-state index contributed by atoms with van der Waals surface area (Å²) in [6, 6.07) is 15.8. The number of carbonyl (C=O) groups excluding carboxylic acids is 2. The van der Waals surface area contributed by atoms with Gasteiger partial charge in [0.1, 0.15) is 0 Å². The number of amides is 2. The van der Waals surface area contributed by atoms with Crippen molar-refractivity contribution in [1.82, 2.24) is 10.2 Å². The largest absolute Gasteiger partial charge is 0.349 e. The number of benzene rings is 2. The minimum atomic E-state index is -0.220. The van der Waals surface area contributed by atoms with Crippen molar-refractivity contribution in [3.8, 4) is 0 Å². The number of hydrogen-bond donors (Lipinski definition) is 2. The average Bonchev–Trinajstić information content (AvgIpc) is 3.29. The summed E-state index contributed by atoms with van der Waals surface area (Å²) >= 11 is 1.53. The Hall–Kier alpha value is -2.70. The Morgan fingerprint density at radius 2 is 1.83 bits per heavy atom. The van der Waals surface area contributed by atoms with Crippen LogP contribution in [-0.2, 0) is 4.79 Å². The van der Waals surface area contributed by atoms with Gasteiger partial charge in [-0.25, -0.2) is 0 Å². The normalized spacial score (nSPS) is 16.4. The lowest BCUT2D eigenvalue weighted by molar-refractivity contribution is -0.121. The molecule has 1 atom stereocenters. The third-order valence-electron chi connectivity index (χ3n) is 5.62. The van der Waals surface area contributed by atoms with E-state index in [-0.39, 0.29) is 23.9 Å². The molecular weight excluding hydrogens is 382 g/mol. The van der Waals surface area contributed by atoms with Crippen LogP contribution < -0.4 is 10.6 Å². The van der Waals surface area contributed by atoms with Crippen LogP contribution in [0.5, 0.6) is 0 Å². The van der Waals surface area contributed by atoms with Crippen molar-refractivity contribution < 1.29 is 9.59 Å². The van der Waals surface area contributed by atoms with Crippen LogP contribution in [-0.4, -0.2) is 41.9 Å². The van der Waals surface area contributed by atoms with Gasteiger partial charge in [-0.05, 0) is 42.7 Å². The average molecular weight is 408 g/mol. The Kier molecular flexibility index (Phi) is 5.92. The number of fused-ring (bicyclic) bond motifs is 1. The first kappa shape index (κ1) is 19.6. The molecule has 2 aromatic carbocycles. The van der Waals surface area contributed by atoms with E-state index in [2.05, 4.69) is 15.5 Å². The van der Waals surface area contributed by atoms with Crippen LogP contribution in [0.1, 0.15) is 30.1 Å². The second-order valence-corrected chi connectivity index (χ2v) is 8.27. The smallest absolute Gasteiger partial charge is 0.252 e. The van der Waals surface area contributed by atoms with Gasteiger partial charge in [0.05, 0.1) is 6.04 Å². The molecule has 1 saturated heterocycles. The van der Waals surface area contributed by atoms with E-state index in [1.807, 2.05) is 66.2 Å². The number of thiophene rings is 1. The SMILES string of the molecule is CC(C(=O)Nc1cccc2ccccc12)N1CCC(NC(=O)c2ccsc2)CC1. The molecule has 0 aliphatic carbocycles. The quantitative estimate of drug-likeness (QED) is 0.669. The predicted octanol–water partition coefficient (Wildman–Crippen LogP) is 4.12. The molecule has 2 amide bonds. The predicted molar refractivity (Wildman–Crippen MR) is 118 cm³/mol. The molecule has 4 rings (SSSR count). The highest BCUT2D eigenvalue weighted by Crippen LogP contribution is 2.24. The van der Waals surface area contributed by atoms with E-state index in [1.165, 1.54) is 11.3 Å². The summed E-state index contributed by atoms with van der Waals surface area (Å²) in [5, 5.41) is 12.1. The molecule has 3 aromatic rings. The molecule has 1 aliphatic heterocycles. The minimum Gasteiger partial charge on any atom is -0.349 e. The zero-order valence-corrected chi connectivity index (χ0v) is 17.2. The molecule has 0 saturated carbocycles. The van der Waals surface area contributed by atoms with Gasteiger partial charge in [0, 0.05) is 41.1 Å². The Balaban J connectivity index is 1.32. The van der Waals surface area contributed by atoms with Crippen LogP contribution in [0.15, 0.2) is 59.3 Å². The van der Waals surface area contributed by atoms with Crippen molar-refractivity contribution in [1.29, 1.82) is 0 Å². The van der Waals surface area contributed by atoms with E-state index < -0.39 is 0 Å². The van der Waals surface area contributed by atoms with E-state index in [4.69, 9.17) is 0 Å². The second-order valence-electron chi connectivity index (χ2n) is 7.49. The molecule has 0 spiro atoms. The van der Waals surface area contributed by atoms with Gasteiger partial charge in [0.25, 0.3) is 5.91 Å². The summed E-state index contributed by atoms with van der Waals surface area (Å²) in [6.07, 6.45) is 1.70. The summed E-state index contributed by atoms with van der Waals surface area (Å²) < 4.78 is 0. The van der Waals surface area contributed by atoms with Crippen molar-refractivity contribution in [3.63, 3.8) is 0 Å². The third kappa shape index (κ3) is 4.49. The fraction of sp³-hybridized carbons (Fsp3) is 0.304. The molecule has 2 N–H and O–H groups in total. The lowest BCUT2D eigenvalue weighted by Gasteiger charge is -2.35. The van der Waals surface area contributed by atoms with Crippen LogP contribution in [0, 0.1) is 0 Å². The Morgan fingerprint density at radius 1 is 1.07 bits per heavy atom. The van der Waals surface area contributed by atoms with Crippen molar-refractivity contribution in [2.75, 3.05) is 18.4 Å². The number of rotatable bonds is 5. The van der Waals surface area contributed by atoms with Crippen LogP contribution >= 0.6 is 11.3 Å². The fourth-order valence-corrected chi connectivity index (χ4v) is 4.47. The summed E-state index contributed by atoms with van der Waals surface area (Å²) in [5.74, 6) is -0.00596. The molecule has 1 aromatic heterocycles. The summed E-state index contributed by atoms with van der Waals surface area (Å²) in [6.45, 7) is 3.53. The van der Waals surface area contributed by atoms with Gasteiger partial charge in [-0.2, -0.15) is 11.3 Å². The zero-order chi connectivity index (χ0) is 20.2. The molecule has 6 heteroatoms. The standard InChI is InChI=1S/C23H25N3O2S/c1-16(22(27)25-21-8-4-6-17-5-2-3-7-20(17)21)26-12-9-19(10-13-26)24-23(28)18-11-14-29-15-18/h2-8,11,14-16,19H,9-10,12-13H2,1H3,(H,24,28)(H,25,27). The van der Waals surface area contributed by atoms with Crippen LogP contribution in [0.25, 0.3) is 10.8 Å². The number of carbonyl (C=O) groups is 2. The maximum Gasteiger partial charge on any atom is 0.252 e. The lowest BCUT2D eigenvalue weighted by atomic mass is 10.0. The molecular formula is C23H25N3O2S. The van der Waals surface area contributed by atoms with Crippen molar-refractivity contribution in [3.05, 3.63) is 64.9 Å². The second kappa shape index (κ2) is 8.76. The molecule has 2 heterocycles. The maximum absolute atomic E-state index is 12.8. The highest BCUT2D eigenvalue weighted by Gasteiger charge is 2.27. The number of nitrogens with zero attached hydrogens (tertiary/aromatic N) is 1. The number of piperidine rings is 1. The van der Waals surface area contributed by atoms with E-state index in [9.17, 15) is 9.59 Å². The fourth-order valence-electron chi connectivity index (χ4n) is 3.83. The molecule has 1 unspecified atom stereocenters. The van der Waals surface area contributed by atoms with Gasteiger partial charge < -0.3 is 10.6 Å². The highest BCUT2D eigenvalue weighted by molar-refractivity contribution is 7.08. The topological polar surface area (TPSA) is 61.4 Å². The van der Waals surface area contributed by atoms with E-state index in [0.29, 0.717) is 0 Å². The zero-order valence-electron chi connectivity index (χ0n) is 16.4. The van der Waals surface area contributed by atoms with Gasteiger partial charge in [-0.1, -0.05) is 36.4 Å². The van der Waals surface area contributed by atoms with E-state index in [1.54, 1.807) is 0 Å². The first-order valence-corrected chi connectivity index (χ1v) is 10.9. The highest BCUT2D eigenvalue weighted by atomic mass is 32.1. The molecule has 1 fully saturated rings.